The molecule has 0 radical (unpaired) electrons. The summed E-state index contributed by atoms with van der Waals surface area (Å²) in [7, 11) is 0. The quantitative estimate of drug-likeness (QED) is 0.590. The number of aromatic nitrogens is 1. The van der Waals surface area contributed by atoms with E-state index >= 15 is 0 Å². The molecule has 0 atom stereocenters. The van der Waals surface area contributed by atoms with Gasteiger partial charge in [-0.15, -0.1) is 0 Å². The molecule has 0 aromatic carbocycles. The maximum atomic E-state index is 9.10. The van der Waals surface area contributed by atoms with Crippen molar-refractivity contribution >= 4 is 11.2 Å². The minimum absolute atomic E-state index is 0.239. The third-order valence-electron chi connectivity index (χ3n) is 1.65. The fraction of sp³-hybridized carbons (Fsp3) is 0. The fourth-order valence-corrected chi connectivity index (χ4v) is 1.14. The summed E-state index contributed by atoms with van der Waals surface area (Å²) < 4.78 is 1.78. The highest BCUT2D eigenvalue weighted by Crippen LogP contribution is 2.19. The third-order valence-corrected chi connectivity index (χ3v) is 1.65. The van der Waals surface area contributed by atoms with Crippen LogP contribution < -0.4 is 5.73 Å². The molecule has 2 rings (SSSR count). The highest BCUT2D eigenvalue weighted by Gasteiger charge is 1.98. The van der Waals surface area contributed by atoms with Crippen molar-refractivity contribution in [3.05, 3.63) is 30.6 Å². The van der Waals surface area contributed by atoms with Crippen molar-refractivity contribution in [2.75, 3.05) is 5.73 Å². The molecule has 3 heteroatoms. The first kappa shape index (κ1) is 6.09. The average Bonchev–Trinajstić information content (AvgIpc) is 2.31. The van der Waals surface area contributed by atoms with Crippen LogP contribution in [0.1, 0.15) is 0 Å². The number of rotatable bonds is 0. The van der Waals surface area contributed by atoms with E-state index in [1.165, 1.54) is 0 Å². The van der Waals surface area contributed by atoms with Gasteiger partial charge < -0.3 is 15.2 Å². The lowest BCUT2D eigenvalue weighted by molar-refractivity contribution is 0.476. The molecule has 3 N–H and O–H groups in total. The molecule has 2 heterocycles. The molecule has 0 unspecified atom stereocenters. The topological polar surface area (TPSA) is 50.7 Å². The monoisotopic (exact) mass is 148 g/mol. The van der Waals surface area contributed by atoms with Crippen LogP contribution in [0.5, 0.6) is 5.75 Å². The summed E-state index contributed by atoms with van der Waals surface area (Å²) in [6.07, 6.45) is 3.46. The molecule has 0 bridgehead atoms. The molecule has 0 aliphatic rings. The zero-order chi connectivity index (χ0) is 7.84. The number of nitrogen functional groups attached to an aromatic ring is 1. The lowest BCUT2D eigenvalue weighted by Gasteiger charge is -1.95. The van der Waals surface area contributed by atoms with Gasteiger partial charge in [0, 0.05) is 12.3 Å². The van der Waals surface area contributed by atoms with Crippen molar-refractivity contribution in [3.8, 4) is 5.75 Å². The Kier molecular flexibility index (Phi) is 1.06. The van der Waals surface area contributed by atoms with Crippen molar-refractivity contribution < 1.29 is 5.11 Å². The predicted molar refractivity (Wildman–Crippen MR) is 43.5 cm³/mol. The van der Waals surface area contributed by atoms with E-state index in [1.54, 1.807) is 22.7 Å². The first-order valence-electron chi connectivity index (χ1n) is 3.32. The molecular formula is C8H8N2O. The number of anilines is 1. The molecule has 3 nitrogen and oxygen atoms in total. The predicted octanol–water partition coefficient (Wildman–Crippen LogP) is 1.23. The molecule has 0 fully saturated rings. The smallest absolute Gasteiger partial charge is 0.134 e. The van der Waals surface area contributed by atoms with Crippen molar-refractivity contribution in [2.45, 2.75) is 0 Å². The molecule has 2 aromatic rings. The molecule has 0 saturated heterocycles. The number of hydrogen-bond donors (Lipinski definition) is 2. The van der Waals surface area contributed by atoms with Crippen LogP contribution in [0.25, 0.3) is 5.52 Å². The molecular weight excluding hydrogens is 140 g/mol. The second-order valence-corrected chi connectivity index (χ2v) is 2.45. The highest BCUT2D eigenvalue weighted by atomic mass is 16.3. The molecule has 0 saturated carbocycles. The summed E-state index contributed by atoms with van der Waals surface area (Å²) in [4.78, 5) is 0. The zero-order valence-corrected chi connectivity index (χ0v) is 5.86. The van der Waals surface area contributed by atoms with Gasteiger partial charge in [0.05, 0.1) is 17.4 Å². The molecule has 0 spiro atoms. The van der Waals surface area contributed by atoms with Crippen LogP contribution in [0.2, 0.25) is 0 Å². The van der Waals surface area contributed by atoms with Crippen LogP contribution in [0.4, 0.5) is 5.69 Å². The number of nitrogens with zero attached hydrogens (tertiary/aromatic N) is 1. The number of aromatic hydroxyl groups is 1. The van der Waals surface area contributed by atoms with Crippen LogP contribution in [0, 0.1) is 0 Å². The zero-order valence-electron chi connectivity index (χ0n) is 5.86. The van der Waals surface area contributed by atoms with Gasteiger partial charge in [-0.25, -0.2) is 0 Å². The number of nitrogens with two attached hydrogens (primary N) is 1. The molecule has 0 amide bonds. The maximum Gasteiger partial charge on any atom is 0.134 e. The van der Waals surface area contributed by atoms with Crippen LogP contribution in [-0.2, 0) is 0 Å². The number of pyridine rings is 1. The summed E-state index contributed by atoms with van der Waals surface area (Å²) >= 11 is 0. The molecule has 56 valence electrons. The Bertz CT molecular complexity index is 392. The van der Waals surface area contributed by atoms with Crippen molar-refractivity contribution in [3.63, 3.8) is 0 Å². The summed E-state index contributed by atoms with van der Waals surface area (Å²) in [5.41, 5.74) is 7.15. The van der Waals surface area contributed by atoms with Crippen molar-refractivity contribution in [2.24, 2.45) is 0 Å². The average molecular weight is 148 g/mol. The molecule has 2 aromatic heterocycles. The van der Waals surface area contributed by atoms with Gasteiger partial charge in [0.1, 0.15) is 5.75 Å². The standard InChI is InChI=1S/C8H8N2O/c9-7-2-1-3-10-5-6(11)4-8(7)10/h1-5,11H,9H2. The normalized spacial score (nSPS) is 10.5. The Morgan fingerprint density at radius 3 is 3.00 bits per heavy atom. The first-order valence-corrected chi connectivity index (χ1v) is 3.32. The lowest BCUT2D eigenvalue weighted by Crippen LogP contribution is -1.88. The minimum atomic E-state index is 0.239. The maximum absolute atomic E-state index is 9.10. The highest BCUT2D eigenvalue weighted by molar-refractivity contribution is 5.71. The van der Waals surface area contributed by atoms with E-state index in [2.05, 4.69) is 0 Å². The van der Waals surface area contributed by atoms with Gasteiger partial charge in [-0.2, -0.15) is 0 Å². The van der Waals surface area contributed by atoms with E-state index in [4.69, 9.17) is 10.8 Å². The second kappa shape index (κ2) is 1.92. The van der Waals surface area contributed by atoms with Crippen LogP contribution in [0.3, 0.4) is 0 Å². The fourth-order valence-electron chi connectivity index (χ4n) is 1.14. The van der Waals surface area contributed by atoms with E-state index in [9.17, 15) is 0 Å². The van der Waals surface area contributed by atoms with Gasteiger partial charge in [0.15, 0.2) is 0 Å². The van der Waals surface area contributed by atoms with Crippen LogP contribution in [-0.4, -0.2) is 9.51 Å². The number of fused-ring (bicyclic) bond motifs is 1. The molecule has 0 aliphatic carbocycles. The summed E-state index contributed by atoms with van der Waals surface area (Å²) in [5, 5.41) is 9.10. The van der Waals surface area contributed by atoms with Gasteiger partial charge in [-0.1, -0.05) is 0 Å². The summed E-state index contributed by atoms with van der Waals surface area (Å²) in [6, 6.07) is 5.27. The Hall–Kier alpha value is -1.64. The van der Waals surface area contributed by atoms with Crippen molar-refractivity contribution in [1.29, 1.82) is 0 Å². The first-order chi connectivity index (χ1) is 5.27. The Morgan fingerprint density at radius 2 is 2.27 bits per heavy atom. The summed E-state index contributed by atoms with van der Waals surface area (Å²) in [5.74, 6) is 0.239. The van der Waals surface area contributed by atoms with E-state index in [1.807, 2.05) is 12.3 Å². The van der Waals surface area contributed by atoms with E-state index in [-0.39, 0.29) is 5.75 Å². The SMILES string of the molecule is Nc1cccn2cc(O)cc12. The van der Waals surface area contributed by atoms with Crippen molar-refractivity contribution in [1.82, 2.24) is 4.40 Å². The lowest BCUT2D eigenvalue weighted by atomic mass is 10.3. The number of hydrogen-bond acceptors (Lipinski definition) is 2. The van der Waals surface area contributed by atoms with Gasteiger partial charge in [-0.3, -0.25) is 0 Å². The van der Waals surface area contributed by atoms with E-state index < -0.39 is 0 Å². The van der Waals surface area contributed by atoms with Gasteiger partial charge in [0.25, 0.3) is 0 Å². The van der Waals surface area contributed by atoms with E-state index in [0.29, 0.717) is 5.69 Å². The Balaban J connectivity index is 2.90. The largest absolute Gasteiger partial charge is 0.506 e. The van der Waals surface area contributed by atoms with Gasteiger partial charge in [-0.05, 0) is 12.1 Å². The van der Waals surface area contributed by atoms with Crippen LogP contribution >= 0.6 is 0 Å². The van der Waals surface area contributed by atoms with Gasteiger partial charge >= 0.3 is 0 Å². The van der Waals surface area contributed by atoms with Crippen LogP contribution in [0.15, 0.2) is 30.6 Å². The molecule has 0 aliphatic heterocycles. The third kappa shape index (κ3) is 0.816. The minimum Gasteiger partial charge on any atom is -0.506 e. The summed E-state index contributed by atoms with van der Waals surface area (Å²) in [6.45, 7) is 0. The van der Waals surface area contributed by atoms with Gasteiger partial charge in [0.2, 0.25) is 0 Å². The molecule has 11 heavy (non-hydrogen) atoms. The second-order valence-electron chi connectivity index (χ2n) is 2.45. The van der Waals surface area contributed by atoms with E-state index in [0.717, 1.165) is 5.52 Å². The Labute approximate surface area is 63.7 Å². The Morgan fingerprint density at radius 1 is 1.45 bits per heavy atom.